The highest BCUT2D eigenvalue weighted by Gasteiger charge is 2.50. The van der Waals surface area contributed by atoms with Gasteiger partial charge in [-0.3, -0.25) is 9.59 Å². The fourth-order valence-corrected chi connectivity index (χ4v) is 2.29. The summed E-state index contributed by atoms with van der Waals surface area (Å²) in [7, 11) is 1.17. The zero-order valence-corrected chi connectivity index (χ0v) is 10.8. The Morgan fingerprint density at radius 1 is 1.29 bits per heavy atom. The van der Waals surface area contributed by atoms with E-state index in [1.165, 1.54) is 19.2 Å². The maximum absolute atomic E-state index is 12.9. The van der Waals surface area contributed by atoms with Crippen LogP contribution in [0.1, 0.15) is 0 Å². The van der Waals surface area contributed by atoms with E-state index in [1.807, 2.05) is 0 Å². The van der Waals surface area contributed by atoms with Crippen LogP contribution in [0.3, 0.4) is 0 Å². The number of ether oxygens (including phenoxy) is 1. The molecule has 1 atom stereocenters. The molecule has 2 aliphatic rings. The minimum absolute atomic E-state index is 0.00354. The van der Waals surface area contributed by atoms with Gasteiger partial charge >= 0.3 is 5.97 Å². The molecule has 1 fully saturated rings. The summed E-state index contributed by atoms with van der Waals surface area (Å²) in [6.07, 6.45) is 0. The quantitative estimate of drug-likeness (QED) is 0.569. The monoisotopic (exact) mass is 291 g/mol. The molecule has 2 aliphatic heterocycles. The van der Waals surface area contributed by atoms with Gasteiger partial charge in [-0.1, -0.05) is 0 Å². The Morgan fingerprint density at radius 2 is 1.95 bits per heavy atom. The predicted molar refractivity (Wildman–Crippen MR) is 68.0 cm³/mol. The van der Waals surface area contributed by atoms with Crippen LogP contribution >= 0.6 is 0 Å². The molecular formula is C13H10FN3O4. The number of fused-ring (bicyclic) bond motifs is 1. The summed E-state index contributed by atoms with van der Waals surface area (Å²) in [5, 5.41) is 0. The number of anilines is 1. The average Bonchev–Trinajstić information content (AvgIpc) is 3.01. The van der Waals surface area contributed by atoms with Crippen LogP contribution in [0, 0.1) is 5.82 Å². The maximum atomic E-state index is 12.9. The number of methoxy groups -OCH3 is 1. The van der Waals surface area contributed by atoms with Crippen molar-refractivity contribution < 1.29 is 23.5 Å². The van der Waals surface area contributed by atoms with Crippen molar-refractivity contribution in [1.29, 1.82) is 0 Å². The highest BCUT2D eigenvalue weighted by atomic mass is 19.1. The number of carbonyl (C=O) groups excluding carboxylic acids is 3. The standard InChI is InChI=1S/C13H10FN3O4/c1-21-13(20)10-8-9(15-16-10)12(19)17(11(8)18)7-4-2-6(14)3-5-7/h2-5,9,15-16H,1H3. The van der Waals surface area contributed by atoms with E-state index >= 15 is 0 Å². The molecule has 2 amide bonds. The second kappa shape index (κ2) is 4.67. The number of nitrogens with one attached hydrogen (secondary N) is 2. The van der Waals surface area contributed by atoms with E-state index in [1.54, 1.807) is 0 Å². The Kier molecular flexibility index (Phi) is 2.95. The molecule has 1 aromatic rings. The van der Waals surface area contributed by atoms with Gasteiger partial charge in [0.15, 0.2) is 0 Å². The van der Waals surface area contributed by atoms with Crippen LogP contribution in [-0.2, 0) is 19.1 Å². The lowest BCUT2D eigenvalue weighted by Crippen LogP contribution is -2.42. The topological polar surface area (TPSA) is 87.7 Å². The number of carbonyl (C=O) groups is 3. The largest absolute Gasteiger partial charge is 0.464 e. The number of amides is 2. The van der Waals surface area contributed by atoms with Gasteiger partial charge in [0, 0.05) is 0 Å². The molecule has 0 aromatic heterocycles. The minimum atomic E-state index is -0.961. The molecule has 0 spiro atoms. The molecule has 1 saturated heterocycles. The predicted octanol–water partition coefficient (Wildman–Crippen LogP) is -0.398. The van der Waals surface area contributed by atoms with Crippen molar-refractivity contribution in [1.82, 2.24) is 10.9 Å². The lowest BCUT2D eigenvalue weighted by Gasteiger charge is -2.15. The first kappa shape index (κ1) is 13.3. The first-order chi connectivity index (χ1) is 10.0. The van der Waals surface area contributed by atoms with Crippen LogP contribution in [0.15, 0.2) is 35.5 Å². The number of halogens is 1. The molecule has 0 aliphatic carbocycles. The number of imide groups is 1. The molecule has 2 heterocycles. The number of hydrazine groups is 1. The van der Waals surface area contributed by atoms with Crippen molar-refractivity contribution in [2.45, 2.75) is 6.04 Å². The fourth-order valence-electron chi connectivity index (χ4n) is 2.29. The van der Waals surface area contributed by atoms with Crippen molar-refractivity contribution in [2.75, 3.05) is 12.0 Å². The highest BCUT2D eigenvalue weighted by molar-refractivity contribution is 6.32. The van der Waals surface area contributed by atoms with E-state index in [0.29, 0.717) is 0 Å². The lowest BCUT2D eigenvalue weighted by atomic mass is 10.1. The molecule has 8 heteroatoms. The summed E-state index contributed by atoms with van der Waals surface area (Å²) >= 11 is 0. The van der Waals surface area contributed by atoms with E-state index in [9.17, 15) is 18.8 Å². The second-order valence-electron chi connectivity index (χ2n) is 4.44. The van der Waals surface area contributed by atoms with Gasteiger partial charge < -0.3 is 10.2 Å². The zero-order chi connectivity index (χ0) is 15.1. The van der Waals surface area contributed by atoms with Crippen molar-refractivity contribution >= 4 is 23.5 Å². The molecule has 2 N–H and O–H groups in total. The Labute approximate surface area is 118 Å². The van der Waals surface area contributed by atoms with Crippen LogP contribution in [0.4, 0.5) is 10.1 Å². The number of hydrogen-bond acceptors (Lipinski definition) is 6. The summed E-state index contributed by atoms with van der Waals surface area (Å²) < 4.78 is 17.5. The van der Waals surface area contributed by atoms with Crippen LogP contribution < -0.4 is 15.8 Å². The van der Waals surface area contributed by atoms with E-state index in [4.69, 9.17) is 0 Å². The first-order valence-electron chi connectivity index (χ1n) is 6.02. The number of nitrogens with zero attached hydrogens (tertiary/aromatic N) is 1. The summed E-state index contributed by atoms with van der Waals surface area (Å²) in [5.74, 6) is -2.42. The normalized spacial score (nSPS) is 20.7. The molecule has 1 unspecified atom stereocenters. The SMILES string of the molecule is COC(=O)C1=C2C(=O)N(c3ccc(F)cc3)C(=O)C2NN1. The average molecular weight is 291 g/mol. The van der Waals surface area contributed by atoms with Gasteiger partial charge in [-0.25, -0.2) is 19.5 Å². The molecule has 0 saturated carbocycles. The van der Waals surface area contributed by atoms with Crippen molar-refractivity contribution in [3.05, 3.63) is 41.4 Å². The van der Waals surface area contributed by atoms with Crippen molar-refractivity contribution in [3.8, 4) is 0 Å². The van der Waals surface area contributed by atoms with E-state index in [0.717, 1.165) is 17.0 Å². The summed E-state index contributed by atoms with van der Waals surface area (Å²) in [4.78, 5) is 37.1. The fraction of sp³-hybridized carbons (Fsp3) is 0.154. The molecule has 1 aromatic carbocycles. The Hall–Kier alpha value is -2.74. The van der Waals surface area contributed by atoms with Gasteiger partial charge in [-0.15, -0.1) is 0 Å². The highest BCUT2D eigenvalue weighted by Crippen LogP contribution is 2.30. The van der Waals surface area contributed by atoms with Gasteiger partial charge in [0.1, 0.15) is 17.6 Å². The van der Waals surface area contributed by atoms with Gasteiger partial charge in [-0.2, -0.15) is 0 Å². The van der Waals surface area contributed by atoms with Crippen molar-refractivity contribution in [2.24, 2.45) is 0 Å². The molecular weight excluding hydrogens is 281 g/mol. The third-order valence-corrected chi connectivity index (χ3v) is 3.27. The molecule has 7 nitrogen and oxygen atoms in total. The Bertz CT molecular complexity index is 683. The maximum Gasteiger partial charge on any atom is 0.356 e. The van der Waals surface area contributed by atoms with Gasteiger partial charge in [0.05, 0.1) is 18.4 Å². The van der Waals surface area contributed by atoms with Gasteiger partial charge in [-0.05, 0) is 24.3 Å². The Balaban J connectivity index is 2.04. The third kappa shape index (κ3) is 1.88. The summed E-state index contributed by atoms with van der Waals surface area (Å²) in [6, 6.07) is 3.96. The minimum Gasteiger partial charge on any atom is -0.464 e. The van der Waals surface area contributed by atoms with Crippen LogP contribution in [0.2, 0.25) is 0 Å². The molecule has 21 heavy (non-hydrogen) atoms. The molecule has 0 radical (unpaired) electrons. The smallest absolute Gasteiger partial charge is 0.356 e. The second-order valence-corrected chi connectivity index (χ2v) is 4.44. The lowest BCUT2D eigenvalue weighted by molar-refractivity contribution is -0.137. The molecule has 0 bridgehead atoms. The number of benzene rings is 1. The van der Waals surface area contributed by atoms with Gasteiger partial charge in [0.2, 0.25) is 0 Å². The summed E-state index contributed by atoms with van der Waals surface area (Å²) in [5.41, 5.74) is 5.18. The van der Waals surface area contributed by atoms with Crippen LogP contribution in [-0.4, -0.2) is 30.9 Å². The number of esters is 1. The van der Waals surface area contributed by atoms with Crippen LogP contribution in [0.5, 0.6) is 0 Å². The third-order valence-electron chi connectivity index (χ3n) is 3.27. The van der Waals surface area contributed by atoms with Crippen LogP contribution in [0.25, 0.3) is 0 Å². The van der Waals surface area contributed by atoms with E-state index < -0.39 is 29.6 Å². The zero-order valence-electron chi connectivity index (χ0n) is 10.8. The number of hydrogen-bond donors (Lipinski definition) is 2. The first-order valence-corrected chi connectivity index (χ1v) is 6.02. The van der Waals surface area contributed by atoms with E-state index in [-0.39, 0.29) is 17.0 Å². The van der Waals surface area contributed by atoms with Crippen molar-refractivity contribution in [3.63, 3.8) is 0 Å². The number of rotatable bonds is 2. The van der Waals surface area contributed by atoms with E-state index in [2.05, 4.69) is 15.6 Å². The Morgan fingerprint density at radius 3 is 2.57 bits per heavy atom. The van der Waals surface area contributed by atoms with Gasteiger partial charge in [0.25, 0.3) is 11.8 Å². The summed E-state index contributed by atoms with van der Waals surface area (Å²) in [6.45, 7) is 0. The molecule has 108 valence electrons. The molecule has 3 rings (SSSR count).